The van der Waals surface area contributed by atoms with Gasteiger partial charge in [-0.3, -0.25) is 4.98 Å². The number of aromatic hydroxyl groups is 1. The second kappa shape index (κ2) is 3.42. The molecular formula is C12H14N2O. The van der Waals surface area contributed by atoms with Gasteiger partial charge in [0, 0.05) is 31.4 Å². The van der Waals surface area contributed by atoms with Crippen molar-refractivity contribution < 1.29 is 5.11 Å². The van der Waals surface area contributed by atoms with Gasteiger partial charge in [-0.1, -0.05) is 0 Å². The molecular weight excluding hydrogens is 188 g/mol. The van der Waals surface area contributed by atoms with Gasteiger partial charge in [-0.05, 0) is 30.7 Å². The van der Waals surface area contributed by atoms with Crippen molar-refractivity contribution >= 4 is 16.6 Å². The number of aryl methyl sites for hydroxylation is 1. The average molecular weight is 202 g/mol. The van der Waals surface area contributed by atoms with Crippen molar-refractivity contribution in [3.63, 3.8) is 0 Å². The quantitative estimate of drug-likeness (QED) is 0.771. The monoisotopic (exact) mass is 202 g/mol. The Morgan fingerprint density at radius 3 is 2.67 bits per heavy atom. The molecule has 1 aromatic heterocycles. The fourth-order valence-corrected chi connectivity index (χ4v) is 1.66. The van der Waals surface area contributed by atoms with Crippen LogP contribution in [0.15, 0.2) is 24.4 Å². The van der Waals surface area contributed by atoms with Gasteiger partial charge in [0.05, 0.1) is 5.52 Å². The molecule has 0 aliphatic rings. The highest BCUT2D eigenvalue weighted by Gasteiger charge is 2.06. The first kappa shape index (κ1) is 9.77. The van der Waals surface area contributed by atoms with Gasteiger partial charge in [-0.2, -0.15) is 0 Å². The lowest BCUT2D eigenvalue weighted by atomic mass is 10.1. The summed E-state index contributed by atoms with van der Waals surface area (Å²) >= 11 is 0. The molecule has 0 aliphatic carbocycles. The lowest BCUT2D eigenvalue weighted by molar-refractivity contribution is 0.472. The molecule has 0 fully saturated rings. The summed E-state index contributed by atoms with van der Waals surface area (Å²) < 4.78 is 0. The van der Waals surface area contributed by atoms with Crippen LogP contribution >= 0.6 is 0 Å². The van der Waals surface area contributed by atoms with Crippen LogP contribution in [-0.2, 0) is 0 Å². The number of rotatable bonds is 1. The van der Waals surface area contributed by atoms with Crippen LogP contribution in [0, 0.1) is 6.92 Å². The van der Waals surface area contributed by atoms with Gasteiger partial charge in [-0.15, -0.1) is 0 Å². The minimum absolute atomic E-state index is 0.318. The van der Waals surface area contributed by atoms with Crippen molar-refractivity contribution in [2.45, 2.75) is 6.92 Å². The molecule has 2 rings (SSSR count). The highest BCUT2D eigenvalue weighted by molar-refractivity contribution is 5.92. The number of fused-ring (bicyclic) bond motifs is 1. The predicted octanol–water partition coefficient (Wildman–Crippen LogP) is 2.31. The first-order valence-corrected chi connectivity index (χ1v) is 4.85. The van der Waals surface area contributed by atoms with E-state index in [2.05, 4.69) is 4.98 Å². The Balaban J connectivity index is 2.80. The van der Waals surface area contributed by atoms with Crippen molar-refractivity contribution in [2.75, 3.05) is 19.0 Å². The number of hydrogen-bond acceptors (Lipinski definition) is 3. The second-order valence-electron chi connectivity index (χ2n) is 3.88. The van der Waals surface area contributed by atoms with Crippen molar-refractivity contribution in [1.82, 2.24) is 4.98 Å². The normalized spacial score (nSPS) is 10.6. The first-order chi connectivity index (χ1) is 7.09. The Bertz CT molecular complexity index is 506. The molecule has 0 amide bonds. The number of phenolic OH excluding ortho intramolecular Hbond substituents is 1. The Kier molecular flexibility index (Phi) is 2.23. The van der Waals surface area contributed by atoms with Gasteiger partial charge in [0.2, 0.25) is 0 Å². The van der Waals surface area contributed by atoms with Crippen LogP contribution in [0.2, 0.25) is 0 Å². The number of nitrogens with zero attached hydrogens (tertiary/aromatic N) is 2. The van der Waals surface area contributed by atoms with E-state index >= 15 is 0 Å². The van der Waals surface area contributed by atoms with Gasteiger partial charge >= 0.3 is 0 Å². The van der Waals surface area contributed by atoms with Gasteiger partial charge in [0.1, 0.15) is 5.75 Å². The minimum atomic E-state index is 0.318. The van der Waals surface area contributed by atoms with Crippen LogP contribution in [0.3, 0.4) is 0 Å². The van der Waals surface area contributed by atoms with Crippen molar-refractivity contribution in [3.8, 4) is 5.75 Å². The largest absolute Gasteiger partial charge is 0.508 e. The molecule has 0 radical (unpaired) electrons. The van der Waals surface area contributed by atoms with E-state index < -0.39 is 0 Å². The van der Waals surface area contributed by atoms with Crippen LogP contribution < -0.4 is 4.90 Å². The number of phenols is 1. The van der Waals surface area contributed by atoms with Crippen LogP contribution in [0.5, 0.6) is 5.75 Å². The molecule has 0 saturated heterocycles. The van der Waals surface area contributed by atoms with Crippen molar-refractivity contribution in [3.05, 3.63) is 30.0 Å². The highest BCUT2D eigenvalue weighted by atomic mass is 16.3. The topological polar surface area (TPSA) is 36.4 Å². The van der Waals surface area contributed by atoms with Gasteiger partial charge in [0.25, 0.3) is 0 Å². The SMILES string of the molecule is Cc1cc2nccc(N(C)C)c2cc1O. The molecule has 0 unspecified atom stereocenters. The summed E-state index contributed by atoms with van der Waals surface area (Å²) in [5.74, 6) is 0.318. The first-order valence-electron chi connectivity index (χ1n) is 4.85. The van der Waals surface area contributed by atoms with Crippen LogP contribution in [0.25, 0.3) is 10.9 Å². The molecule has 0 bridgehead atoms. The lowest BCUT2D eigenvalue weighted by Crippen LogP contribution is -2.09. The third-order valence-corrected chi connectivity index (χ3v) is 2.52. The number of hydrogen-bond donors (Lipinski definition) is 1. The minimum Gasteiger partial charge on any atom is -0.508 e. The maximum atomic E-state index is 9.68. The molecule has 0 atom stereocenters. The Labute approximate surface area is 89.0 Å². The van der Waals surface area contributed by atoms with Crippen LogP contribution in [0.1, 0.15) is 5.56 Å². The van der Waals surface area contributed by atoms with Crippen LogP contribution in [0.4, 0.5) is 5.69 Å². The third kappa shape index (κ3) is 1.61. The smallest absolute Gasteiger partial charge is 0.119 e. The standard InChI is InChI=1S/C12H14N2O/c1-8-6-10-9(7-12(8)15)11(14(2)3)4-5-13-10/h4-7,15H,1-3H3. The molecule has 78 valence electrons. The molecule has 0 spiro atoms. The molecule has 1 heterocycles. The van der Waals surface area contributed by atoms with Gasteiger partial charge in [-0.25, -0.2) is 0 Å². The summed E-state index contributed by atoms with van der Waals surface area (Å²) in [5, 5.41) is 10.7. The number of anilines is 1. The fourth-order valence-electron chi connectivity index (χ4n) is 1.66. The highest BCUT2D eigenvalue weighted by Crippen LogP contribution is 2.29. The molecule has 3 nitrogen and oxygen atoms in total. The zero-order valence-corrected chi connectivity index (χ0v) is 9.15. The van der Waals surface area contributed by atoms with Gasteiger partial charge in [0.15, 0.2) is 0 Å². The molecule has 0 saturated carbocycles. The number of benzene rings is 1. The van der Waals surface area contributed by atoms with E-state index in [1.54, 1.807) is 12.3 Å². The number of pyridine rings is 1. The van der Waals surface area contributed by atoms with E-state index in [1.807, 2.05) is 38.1 Å². The van der Waals surface area contributed by atoms with Crippen LogP contribution in [-0.4, -0.2) is 24.2 Å². The van der Waals surface area contributed by atoms with Crippen molar-refractivity contribution in [1.29, 1.82) is 0 Å². The summed E-state index contributed by atoms with van der Waals surface area (Å²) in [6.45, 7) is 1.87. The molecule has 1 N–H and O–H groups in total. The maximum Gasteiger partial charge on any atom is 0.119 e. The predicted molar refractivity (Wildman–Crippen MR) is 62.5 cm³/mol. The summed E-state index contributed by atoms with van der Waals surface area (Å²) in [6.07, 6.45) is 1.79. The Hall–Kier alpha value is -1.77. The van der Waals surface area contributed by atoms with E-state index in [1.165, 1.54) is 0 Å². The molecule has 3 heteroatoms. The van der Waals surface area contributed by atoms with E-state index in [4.69, 9.17) is 0 Å². The Morgan fingerprint density at radius 1 is 1.27 bits per heavy atom. The molecule has 0 aliphatic heterocycles. The molecule has 1 aromatic carbocycles. The van der Waals surface area contributed by atoms with E-state index in [-0.39, 0.29) is 0 Å². The molecule has 2 aromatic rings. The van der Waals surface area contributed by atoms with E-state index in [0.717, 1.165) is 22.2 Å². The summed E-state index contributed by atoms with van der Waals surface area (Å²) in [6, 6.07) is 5.61. The van der Waals surface area contributed by atoms with E-state index in [9.17, 15) is 5.11 Å². The fraction of sp³-hybridized carbons (Fsp3) is 0.250. The lowest BCUT2D eigenvalue weighted by Gasteiger charge is -2.15. The Morgan fingerprint density at radius 2 is 2.00 bits per heavy atom. The summed E-state index contributed by atoms with van der Waals surface area (Å²) in [4.78, 5) is 6.30. The summed E-state index contributed by atoms with van der Waals surface area (Å²) in [5.41, 5.74) is 2.83. The maximum absolute atomic E-state index is 9.68. The van der Waals surface area contributed by atoms with Crippen molar-refractivity contribution in [2.24, 2.45) is 0 Å². The van der Waals surface area contributed by atoms with Gasteiger partial charge < -0.3 is 10.0 Å². The second-order valence-corrected chi connectivity index (χ2v) is 3.88. The molecule has 15 heavy (non-hydrogen) atoms. The zero-order valence-electron chi connectivity index (χ0n) is 9.15. The summed E-state index contributed by atoms with van der Waals surface area (Å²) in [7, 11) is 3.96. The van der Waals surface area contributed by atoms with E-state index in [0.29, 0.717) is 5.75 Å². The number of aromatic nitrogens is 1. The average Bonchev–Trinajstić information content (AvgIpc) is 2.18. The third-order valence-electron chi connectivity index (χ3n) is 2.52. The zero-order chi connectivity index (χ0) is 11.0.